The van der Waals surface area contributed by atoms with Gasteiger partial charge in [0.2, 0.25) is 0 Å². The predicted molar refractivity (Wildman–Crippen MR) is 87.4 cm³/mol. The van der Waals surface area contributed by atoms with Gasteiger partial charge in [0.1, 0.15) is 5.82 Å². The van der Waals surface area contributed by atoms with Gasteiger partial charge in [0, 0.05) is 30.5 Å². The van der Waals surface area contributed by atoms with Crippen molar-refractivity contribution in [2.45, 2.75) is 19.4 Å². The highest BCUT2D eigenvalue weighted by Crippen LogP contribution is 2.25. The van der Waals surface area contributed by atoms with E-state index in [1.807, 2.05) is 18.6 Å². The minimum atomic E-state index is 0.723. The molecule has 1 aliphatic rings. The van der Waals surface area contributed by atoms with E-state index in [1.165, 1.54) is 17.4 Å². The molecule has 0 unspecified atom stereocenters. The zero-order valence-corrected chi connectivity index (χ0v) is 12.6. The Morgan fingerprint density at radius 3 is 3.00 bits per heavy atom. The number of benzene rings is 1. The largest absolute Gasteiger partial charge is 0.348 e. The lowest BCUT2D eigenvalue weighted by Crippen LogP contribution is -2.21. The van der Waals surface area contributed by atoms with Crippen molar-refractivity contribution in [1.29, 1.82) is 0 Å². The second kappa shape index (κ2) is 5.89. The molecular weight excluding hydrogens is 272 g/mol. The van der Waals surface area contributed by atoms with Crippen LogP contribution in [0.4, 0.5) is 0 Å². The molecular formula is C18H20N4. The zero-order chi connectivity index (χ0) is 14.8. The molecule has 1 aliphatic heterocycles. The van der Waals surface area contributed by atoms with Crippen LogP contribution in [0.5, 0.6) is 0 Å². The van der Waals surface area contributed by atoms with Gasteiger partial charge in [-0.05, 0) is 43.0 Å². The molecule has 0 bridgehead atoms. The van der Waals surface area contributed by atoms with E-state index in [0.717, 1.165) is 43.3 Å². The summed E-state index contributed by atoms with van der Waals surface area (Å²) in [6, 6.07) is 10.6. The minimum Gasteiger partial charge on any atom is -0.348 e. The van der Waals surface area contributed by atoms with Gasteiger partial charge in [0.25, 0.3) is 0 Å². The first kappa shape index (κ1) is 13.5. The number of likely N-dealkylation sites (tertiary alicyclic amines) is 1. The first-order chi connectivity index (χ1) is 10.9. The maximum absolute atomic E-state index is 4.46. The summed E-state index contributed by atoms with van der Waals surface area (Å²) in [6.07, 6.45) is 8.06. The molecule has 3 heterocycles. The third-order valence-corrected chi connectivity index (χ3v) is 4.55. The van der Waals surface area contributed by atoms with E-state index in [2.05, 4.69) is 50.2 Å². The van der Waals surface area contributed by atoms with Crippen molar-refractivity contribution in [2.24, 2.45) is 5.92 Å². The van der Waals surface area contributed by atoms with Gasteiger partial charge in [-0.3, -0.25) is 9.88 Å². The lowest BCUT2D eigenvalue weighted by atomic mass is 9.96. The van der Waals surface area contributed by atoms with Crippen molar-refractivity contribution < 1.29 is 0 Å². The first-order valence-corrected chi connectivity index (χ1v) is 7.92. The molecule has 1 aromatic carbocycles. The molecule has 4 rings (SSSR count). The van der Waals surface area contributed by atoms with E-state index in [4.69, 9.17) is 0 Å². The highest BCUT2D eigenvalue weighted by Gasteiger charge is 2.23. The molecule has 1 saturated heterocycles. The molecule has 0 amide bonds. The third kappa shape index (κ3) is 2.74. The monoisotopic (exact) mass is 292 g/mol. The molecule has 0 spiro atoms. The number of fused-ring (bicyclic) bond motifs is 1. The van der Waals surface area contributed by atoms with E-state index in [9.17, 15) is 0 Å². The van der Waals surface area contributed by atoms with Gasteiger partial charge in [-0.2, -0.15) is 0 Å². The molecule has 1 N–H and O–H groups in total. The van der Waals surface area contributed by atoms with Gasteiger partial charge < -0.3 is 4.98 Å². The first-order valence-electron chi connectivity index (χ1n) is 7.92. The number of hydrogen-bond donors (Lipinski definition) is 1. The van der Waals surface area contributed by atoms with Gasteiger partial charge in [0.15, 0.2) is 0 Å². The Balaban J connectivity index is 1.45. The molecule has 0 aliphatic carbocycles. The second-order valence-electron chi connectivity index (χ2n) is 6.12. The van der Waals surface area contributed by atoms with E-state index >= 15 is 0 Å². The molecule has 2 aromatic heterocycles. The minimum absolute atomic E-state index is 0.723. The lowest BCUT2D eigenvalue weighted by Gasteiger charge is -2.15. The van der Waals surface area contributed by atoms with Crippen LogP contribution < -0.4 is 0 Å². The van der Waals surface area contributed by atoms with Crippen LogP contribution in [-0.2, 0) is 13.0 Å². The van der Waals surface area contributed by atoms with Crippen molar-refractivity contribution in [1.82, 2.24) is 19.9 Å². The Labute approximate surface area is 130 Å². The van der Waals surface area contributed by atoms with Crippen LogP contribution in [0.1, 0.15) is 17.8 Å². The molecule has 0 radical (unpaired) electrons. The molecule has 1 fully saturated rings. The fourth-order valence-corrected chi connectivity index (χ4v) is 3.46. The van der Waals surface area contributed by atoms with Gasteiger partial charge in [0.05, 0.1) is 12.1 Å². The van der Waals surface area contributed by atoms with Gasteiger partial charge in [-0.25, -0.2) is 4.98 Å². The Morgan fingerprint density at radius 1 is 1.14 bits per heavy atom. The molecule has 0 saturated carbocycles. The summed E-state index contributed by atoms with van der Waals surface area (Å²) in [5.41, 5.74) is 2.53. The number of nitrogens with one attached hydrogen (secondary N) is 1. The summed E-state index contributed by atoms with van der Waals surface area (Å²) in [5, 5.41) is 1.30. The van der Waals surface area contributed by atoms with Gasteiger partial charge in [-0.15, -0.1) is 0 Å². The summed E-state index contributed by atoms with van der Waals surface area (Å²) in [7, 11) is 0. The number of H-pyrrole nitrogens is 1. The summed E-state index contributed by atoms with van der Waals surface area (Å²) in [4.78, 5) is 14.5. The van der Waals surface area contributed by atoms with Crippen LogP contribution in [0.15, 0.2) is 48.9 Å². The fourth-order valence-electron chi connectivity index (χ4n) is 3.46. The normalized spacial score (nSPS) is 19.0. The predicted octanol–water partition coefficient (Wildman–Crippen LogP) is 3.02. The molecule has 3 aromatic rings. The quantitative estimate of drug-likeness (QED) is 0.804. The fraction of sp³-hybridized carbons (Fsp3) is 0.333. The van der Waals surface area contributed by atoms with E-state index in [0.29, 0.717) is 0 Å². The lowest BCUT2D eigenvalue weighted by molar-refractivity contribution is 0.309. The number of aromatic nitrogens is 3. The standard InChI is InChI=1S/C18H20N4/c1-2-4-17-16(3-1)15(5-7-19-17)11-14-6-10-22(12-14)13-18-20-8-9-21-18/h1-5,7-9,14H,6,10-13H2,(H,20,21)/t14-/m0/s1. The Kier molecular flexibility index (Phi) is 3.60. The summed E-state index contributed by atoms with van der Waals surface area (Å²) >= 11 is 0. The van der Waals surface area contributed by atoms with E-state index in [1.54, 1.807) is 0 Å². The van der Waals surface area contributed by atoms with E-state index in [-0.39, 0.29) is 0 Å². The van der Waals surface area contributed by atoms with Crippen LogP contribution in [0.25, 0.3) is 10.9 Å². The molecule has 4 nitrogen and oxygen atoms in total. The van der Waals surface area contributed by atoms with Crippen LogP contribution in [0, 0.1) is 5.92 Å². The van der Waals surface area contributed by atoms with Crippen molar-refractivity contribution in [2.75, 3.05) is 13.1 Å². The molecule has 1 atom stereocenters. The maximum atomic E-state index is 4.46. The molecule has 112 valence electrons. The van der Waals surface area contributed by atoms with Crippen molar-refractivity contribution in [3.05, 3.63) is 60.3 Å². The number of rotatable bonds is 4. The topological polar surface area (TPSA) is 44.8 Å². The number of hydrogen-bond acceptors (Lipinski definition) is 3. The second-order valence-corrected chi connectivity index (χ2v) is 6.12. The van der Waals surface area contributed by atoms with Crippen molar-refractivity contribution in [3.63, 3.8) is 0 Å². The Bertz CT molecular complexity index is 745. The number of imidazole rings is 1. The average Bonchev–Trinajstić information content (AvgIpc) is 3.20. The number of nitrogens with zero attached hydrogens (tertiary/aromatic N) is 3. The third-order valence-electron chi connectivity index (χ3n) is 4.55. The zero-order valence-electron chi connectivity index (χ0n) is 12.6. The summed E-state index contributed by atoms with van der Waals surface area (Å²) in [5.74, 6) is 1.79. The number of pyridine rings is 1. The van der Waals surface area contributed by atoms with Gasteiger partial charge >= 0.3 is 0 Å². The summed E-state index contributed by atoms with van der Waals surface area (Å²) in [6.45, 7) is 3.24. The summed E-state index contributed by atoms with van der Waals surface area (Å²) < 4.78 is 0. The van der Waals surface area contributed by atoms with Crippen LogP contribution in [0.2, 0.25) is 0 Å². The SMILES string of the molecule is c1ccc2c(C[C@@H]3CCN(Cc4ncc[nH]4)C3)ccnc2c1. The van der Waals surface area contributed by atoms with Gasteiger partial charge in [-0.1, -0.05) is 18.2 Å². The Hall–Kier alpha value is -2.20. The van der Waals surface area contributed by atoms with E-state index < -0.39 is 0 Å². The van der Waals surface area contributed by atoms with Crippen LogP contribution in [-0.4, -0.2) is 32.9 Å². The Morgan fingerprint density at radius 2 is 2.09 bits per heavy atom. The molecule has 4 heteroatoms. The number of aromatic amines is 1. The van der Waals surface area contributed by atoms with Crippen LogP contribution >= 0.6 is 0 Å². The highest BCUT2D eigenvalue weighted by molar-refractivity contribution is 5.81. The smallest absolute Gasteiger partial charge is 0.120 e. The average molecular weight is 292 g/mol. The maximum Gasteiger partial charge on any atom is 0.120 e. The number of para-hydroxylation sites is 1. The van der Waals surface area contributed by atoms with Crippen molar-refractivity contribution in [3.8, 4) is 0 Å². The highest BCUT2D eigenvalue weighted by atomic mass is 15.2. The van der Waals surface area contributed by atoms with Crippen LogP contribution in [0.3, 0.4) is 0 Å². The van der Waals surface area contributed by atoms with Crippen molar-refractivity contribution >= 4 is 10.9 Å². The molecule has 22 heavy (non-hydrogen) atoms.